The standard InChI is InChI=1S/C16H31N3O/c17-16(13-20)7-3-4-14(16)6-9-18-10-11-19-8-2-1-5-15(19)12-18/h14-15,20H,1-13,17H2. The molecule has 3 N–H and O–H groups in total. The molecule has 116 valence electrons. The molecular weight excluding hydrogens is 250 g/mol. The Morgan fingerprint density at radius 3 is 2.85 bits per heavy atom. The SMILES string of the molecule is NC1(CO)CCCC1CCN1CCN2CCCCC2C1. The zero-order valence-corrected chi connectivity index (χ0v) is 12.8. The van der Waals surface area contributed by atoms with E-state index in [1.807, 2.05) is 0 Å². The highest BCUT2D eigenvalue weighted by Crippen LogP contribution is 2.36. The lowest BCUT2D eigenvalue weighted by Gasteiger charge is -2.44. The first kappa shape index (κ1) is 14.8. The van der Waals surface area contributed by atoms with Crippen molar-refractivity contribution in [1.82, 2.24) is 9.80 Å². The van der Waals surface area contributed by atoms with Crippen LogP contribution in [0.15, 0.2) is 0 Å². The average molecular weight is 281 g/mol. The molecule has 3 fully saturated rings. The number of nitrogens with two attached hydrogens (primary N) is 1. The number of nitrogens with zero attached hydrogens (tertiary/aromatic N) is 2. The lowest BCUT2D eigenvalue weighted by atomic mass is 9.86. The molecule has 3 unspecified atom stereocenters. The van der Waals surface area contributed by atoms with Gasteiger partial charge in [-0.05, 0) is 51.1 Å². The van der Waals surface area contributed by atoms with Crippen LogP contribution in [-0.4, -0.2) is 65.8 Å². The van der Waals surface area contributed by atoms with Crippen LogP contribution in [0.2, 0.25) is 0 Å². The lowest BCUT2D eigenvalue weighted by Crippen LogP contribution is -2.55. The Morgan fingerprint density at radius 1 is 1.10 bits per heavy atom. The lowest BCUT2D eigenvalue weighted by molar-refractivity contribution is 0.0437. The van der Waals surface area contributed by atoms with E-state index in [9.17, 15) is 5.11 Å². The van der Waals surface area contributed by atoms with E-state index in [4.69, 9.17) is 5.73 Å². The third-order valence-corrected chi connectivity index (χ3v) is 6.02. The summed E-state index contributed by atoms with van der Waals surface area (Å²) < 4.78 is 0. The van der Waals surface area contributed by atoms with Crippen LogP contribution in [0.5, 0.6) is 0 Å². The molecule has 0 aromatic heterocycles. The maximum Gasteiger partial charge on any atom is 0.0613 e. The maximum atomic E-state index is 9.54. The normalized spacial score (nSPS) is 39.9. The maximum absolute atomic E-state index is 9.54. The van der Waals surface area contributed by atoms with Crippen molar-refractivity contribution in [2.24, 2.45) is 11.7 Å². The second-order valence-corrected chi connectivity index (χ2v) is 7.26. The molecule has 0 aromatic carbocycles. The summed E-state index contributed by atoms with van der Waals surface area (Å²) in [5.41, 5.74) is 6.06. The molecule has 0 aromatic rings. The van der Waals surface area contributed by atoms with Gasteiger partial charge in [-0.25, -0.2) is 0 Å². The first-order valence-corrected chi connectivity index (χ1v) is 8.57. The molecular formula is C16H31N3O. The summed E-state index contributed by atoms with van der Waals surface area (Å²) in [5, 5.41) is 9.54. The highest BCUT2D eigenvalue weighted by atomic mass is 16.3. The van der Waals surface area contributed by atoms with Crippen LogP contribution >= 0.6 is 0 Å². The number of rotatable bonds is 4. The van der Waals surface area contributed by atoms with E-state index in [1.54, 1.807) is 0 Å². The van der Waals surface area contributed by atoms with Gasteiger partial charge in [0.25, 0.3) is 0 Å². The fourth-order valence-corrected chi connectivity index (χ4v) is 4.57. The Kier molecular flexibility index (Phi) is 4.65. The molecule has 0 amide bonds. The molecule has 3 atom stereocenters. The summed E-state index contributed by atoms with van der Waals surface area (Å²) in [6.45, 7) is 6.38. The number of aliphatic hydroxyl groups is 1. The Balaban J connectivity index is 1.47. The van der Waals surface area contributed by atoms with Gasteiger partial charge in [0.2, 0.25) is 0 Å². The third-order valence-electron chi connectivity index (χ3n) is 6.02. The van der Waals surface area contributed by atoms with Gasteiger partial charge >= 0.3 is 0 Å². The first-order chi connectivity index (χ1) is 9.71. The van der Waals surface area contributed by atoms with E-state index < -0.39 is 0 Å². The van der Waals surface area contributed by atoms with E-state index in [0.717, 1.165) is 12.5 Å². The monoisotopic (exact) mass is 281 g/mol. The number of aliphatic hydroxyl groups excluding tert-OH is 1. The molecule has 0 bridgehead atoms. The molecule has 0 radical (unpaired) electrons. The first-order valence-electron chi connectivity index (χ1n) is 8.57. The highest BCUT2D eigenvalue weighted by molar-refractivity contribution is 4.96. The molecule has 4 nitrogen and oxygen atoms in total. The minimum Gasteiger partial charge on any atom is -0.394 e. The van der Waals surface area contributed by atoms with Crippen LogP contribution in [-0.2, 0) is 0 Å². The molecule has 4 heteroatoms. The Labute approximate surface area is 123 Å². The summed E-state index contributed by atoms with van der Waals surface area (Å²) in [5.74, 6) is 0.525. The average Bonchev–Trinajstić information content (AvgIpc) is 2.87. The predicted molar refractivity (Wildman–Crippen MR) is 81.6 cm³/mol. The smallest absolute Gasteiger partial charge is 0.0613 e. The van der Waals surface area contributed by atoms with Crippen LogP contribution in [0.1, 0.15) is 44.9 Å². The largest absolute Gasteiger partial charge is 0.394 e. The van der Waals surface area contributed by atoms with Crippen LogP contribution in [0.25, 0.3) is 0 Å². The molecule has 2 aliphatic heterocycles. The predicted octanol–water partition coefficient (Wildman–Crippen LogP) is 1.04. The second kappa shape index (κ2) is 6.30. The van der Waals surface area contributed by atoms with Crippen LogP contribution in [0.3, 0.4) is 0 Å². The molecule has 2 heterocycles. The molecule has 1 saturated carbocycles. The summed E-state index contributed by atoms with van der Waals surface area (Å²) >= 11 is 0. The molecule has 3 aliphatic rings. The Bertz CT molecular complexity index is 325. The van der Waals surface area contributed by atoms with E-state index in [-0.39, 0.29) is 12.1 Å². The van der Waals surface area contributed by atoms with Gasteiger partial charge in [-0.3, -0.25) is 4.90 Å². The van der Waals surface area contributed by atoms with Crippen LogP contribution < -0.4 is 5.73 Å². The van der Waals surface area contributed by atoms with Crippen LogP contribution in [0.4, 0.5) is 0 Å². The van der Waals surface area contributed by atoms with Gasteiger partial charge < -0.3 is 15.7 Å². The quantitative estimate of drug-likeness (QED) is 0.808. The van der Waals surface area contributed by atoms with Crippen molar-refractivity contribution >= 4 is 0 Å². The van der Waals surface area contributed by atoms with Crippen molar-refractivity contribution in [1.29, 1.82) is 0 Å². The molecule has 20 heavy (non-hydrogen) atoms. The van der Waals surface area contributed by atoms with Crippen molar-refractivity contribution in [3.05, 3.63) is 0 Å². The van der Waals surface area contributed by atoms with Gasteiger partial charge in [-0.1, -0.05) is 12.8 Å². The van der Waals surface area contributed by atoms with Crippen molar-refractivity contribution in [3.8, 4) is 0 Å². The third kappa shape index (κ3) is 3.03. The van der Waals surface area contributed by atoms with Crippen LogP contribution in [0, 0.1) is 5.92 Å². The van der Waals surface area contributed by atoms with E-state index in [0.29, 0.717) is 5.92 Å². The minimum absolute atomic E-state index is 0.161. The zero-order valence-electron chi connectivity index (χ0n) is 12.8. The number of hydrogen-bond acceptors (Lipinski definition) is 4. The van der Waals surface area contributed by atoms with Gasteiger partial charge in [-0.2, -0.15) is 0 Å². The van der Waals surface area contributed by atoms with Crippen molar-refractivity contribution < 1.29 is 5.11 Å². The number of piperazine rings is 1. The Morgan fingerprint density at radius 2 is 2.00 bits per heavy atom. The topological polar surface area (TPSA) is 52.7 Å². The highest BCUT2D eigenvalue weighted by Gasteiger charge is 2.39. The van der Waals surface area contributed by atoms with Gasteiger partial charge in [0.15, 0.2) is 0 Å². The number of fused-ring (bicyclic) bond motifs is 1. The fourth-order valence-electron chi connectivity index (χ4n) is 4.57. The van der Waals surface area contributed by atoms with Crippen molar-refractivity contribution in [2.75, 3.05) is 39.3 Å². The zero-order chi connectivity index (χ0) is 14.0. The summed E-state index contributed by atoms with van der Waals surface area (Å²) in [7, 11) is 0. The molecule has 0 spiro atoms. The van der Waals surface area contributed by atoms with Gasteiger partial charge in [0.05, 0.1) is 6.61 Å². The summed E-state index contributed by atoms with van der Waals surface area (Å²) in [6.07, 6.45) is 8.77. The molecule has 3 rings (SSSR count). The van der Waals surface area contributed by atoms with Crippen molar-refractivity contribution in [3.63, 3.8) is 0 Å². The second-order valence-electron chi connectivity index (χ2n) is 7.26. The van der Waals surface area contributed by atoms with E-state index >= 15 is 0 Å². The number of piperidine rings is 1. The van der Waals surface area contributed by atoms with Gasteiger partial charge in [0, 0.05) is 31.2 Å². The van der Waals surface area contributed by atoms with Gasteiger partial charge in [0.1, 0.15) is 0 Å². The summed E-state index contributed by atoms with van der Waals surface area (Å²) in [4.78, 5) is 5.33. The molecule has 2 saturated heterocycles. The fraction of sp³-hybridized carbons (Fsp3) is 1.00. The molecule has 1 aliphatic carbocycles. The van der Waals surface area contributed by atoms with Gasteiger partial charge in [-0.15, -0.1) is 0 Å². The van der Waals surface area contributed by atoms with E-state index in [2.05, 4.69) is 9.80 Å². The summed E-state index contributed by atoms with van der Waals surface area (Å²) in [6, 6.07) is 0.807. The number of hydrogen-bond donors (Lipinski definition) is 2. The Hall–Kier alpha value is -0.160. The minimum atomic E-state index is -0.285. The van der Waals surface area contributed by atoms with Crippen molar-refractivity contribution in [2.45, 2.75) is 56.5 Å². The van der Waals surface area contributed by atoms with E-state index in [1.165, 1.54) is 71.2 Å².